The van der Waals surface area contributed by atoms with Crippen LogP contribution in [0.25, 0.3) is 0 Å². The number of ketones is 2. The van der Waals surface area contributed by atoms with Crippen LogP contribution in [0.3, 0.4) is 0 Å². The largest absolute Gasteiger partial charge is 0.359 e. The van der Waals surface area contributed by atoms with Crippen molar-refractivity contribution in [1.29, 1.82) is 5.26 Å². The molecular weight excluding hydrogens is 436 g/mol. The van der Waals surface area contributed by atoms with Crippen molar-refractivity contribution in [3.63, 3.8) is 0 Å². The highest BCUT2D eigenvalue weighted by molar-refractivity contribution is 6.02. The number of nitrogens with zero attached hydrogens (tertiary/aromatic N) is 1. The summed E-state index contributed by atoms with van der Waals surface area (Å²) in [7, 11) is 1.73. The molecule has 8 unspecified atom stereocenters. The van der Waals surface area contributed by atoms with Gasteiger partial charge in [-0.15, -0.1) is 0 Å². The summed E-state index contributed by atoms with van der Waals surface area (Å²) in [6.07, 6.45) is 10.1. The lowest BCUT2D eigenvalue weighted by molar-refractivity contribution is -0.160. The first-order chi connectivity index (χ1) is 16.3. The molecule has 0 bridgehead atoms. The van der Waals surface area contributed by atoms with E-state index in [1.165, 1.54) is 0 Å². The molecule has 1 N–H and O–H groups in total. The predicted molar refractivity (Wildman–Crippen MR) is 134 cm³/mol. The van der Waals surface area contributed by atoms with Crippen molar-refractivity contribution >= 4 is 17.5 Å². The van der Waals surface area contributed by atoms with E-state index in [2.05, 4.69) is 39.1 Å². The molecule has 0 saturated heterocycles. The summed E-state index contributed by atoms with van der Waals surface area (Å²) in [6.45, 7) is 11.0. The molecule has 35 heavy (non-hydrogen) atoms. The third-order valence-electron chi connectivity index (χ3n) is 11.4. The maximum Gasteiger partial charge on any atom is 0.226 e. The zero-order valence-corrected chi connectivity index (χ0v) is 22.2. The van der Waals surface area contributed by atoms with E-state index in [1.807, 2.05) is 19.1 Å². The van der Waals surface area contributed by atoms with Gasteiger partial charge >= 0.3 is 0 Å². The lowest BCUT2D eigenvalue weighted by Crippen LogP contribution is -2.62. The fourth-order valence-corrected chi connectivity index (χ4v) is 9.54. The fraction of sp³-hybridized carbons (Fsp3) is 0.733. The Kier molecular flexibility index (Phi) is 5.34. The summed E-state index contributed by atoms with van der Waals surface area (Å²) in [5.74, 6) is 0.207. The van der Waals surface area contributed by atoms with Gasteiger partial charge in [-0.2, -0.15) is 5.26 Å². The second-order valence-corrected chi connectivity index (χ2v) is 13.5. The smallest absolute Gasteiger partial charge is 0.226 e. The van der Waals surface area contributed by atoms with Crippen molar-refractivity contribution in [3.8, 4) is 6.07 Å². The molecule has 1 amide bonds. The number of allylic oxidation sites excluding steroid dienone is 4. The van der Waals surface area contributed by atoms with Crippen LogP contribution in [-0.2, 0) is 14.4 Å². The number of amides is 1. The zero-order valence-electron chi connectivity index (χ0n) is 22.2. The molecule has 5 aliphatic rings. The van der Waals surface area contributed by atoms with Crippen LogP contribution in [0.2, 0.25) is 0 Å². The summed E-state index contributed by atoms with van der Waals surface area (Å²) < 4.78 is 0. The lowest BCUT2D eigenvalue weighted by atomic mass is 9.39. The van der Waals surface area contributed by atoms with Crippen molar-refractivity contribution in [3.05, 3.63) is 23.3 Å². The maximum atomic E-state index is 14.1. The highest BCUT2D eigenvalue weighted by Gasteiger charge is 2.65. The number of carbonyl (C=O) groups is 3. The summed E-state index contributed by atoms with van der Waals surface area (Å²) >= 11 is 0. The van der Waals surface area contributed by atoms with Gasteiger partial charge in [-0.3, -0.25) is 14.4 Å². The number of hydrogen-bond donors (Lipinski definition) is 1. The van der Waals surface area contributed by atoms with Crippen LogP contribution in [0.4, 0.5) is 0 Å². The van der Waals surface area contributed by atoms with Crippen molar-refractivity contribution in [2.24, 2.45) is 51.2 Å². The Morgan fingerprint density at radius 1 is 1.03 bits per heavy atom. The van der Waals surface area contributed by atoms with Crippen LogP contribution in [-0.4, -0.2) is 24.5 Å². The van der Waals surface area contributed by atoms with Gasteiger partial charge in [0.2, 0.25) is 5.91 Å². The van der Waals surface area contributed by atoms with Gasteiger partial charge in [-0.25, -0.2) is 0 Å². The molecule has 5 rings (SSSR count). The standard InChI is InChI=1S/C30H40N2O3/c1-17-19-7-9-28(4)20-8-10-30(26(35)32-6)12-11-27(2,3)15-21(30)24(20)22(33)13-23(28)29(19,5)14-18(16-31)25(17)34/h13-14,17,19-21,24H,7-12,15H2,1-6H3,(H,32,35). The Bertz CT molecular complexity index is 1110. The zero-order chi connectivity index (χ0) is 25.6. The summed E-state index contributed by atoms with van der Waals surface area (Å²) in [4.78, 5) is 40.3. The molecule has 0 aromatic carbocycles. The molecule has 0 radical (unpaired) electrons. The van der Waals surface area contributed by atoms with E-state index < -0.39 is 10.8 Å². The third-order valence-corrected chi connectivity index (χ3v) is 11.4. The number of carbonyl (C=O) groups excluding carboxylic acids is 3. The van der Waals surface area contributed by atoms with Crippen LogP contribution < -0.4 is 5.32 Å². The number of rotatable bonds is 1. The quantitative estimate of drug-likeness (QED) is 0.565. The van der Waals surface area contributed by atoms with Crippen LogP contribution in [0.5, 0.6) is 0 Å². The molecule has 0 heterocycles. The topological polar surface area (TPSA) is 87.0 Å². The van der Waals surface area contributed by atoms with E-state index in [4.69, 9.17) is 0 Å². The highest BCUT2D eigenvalue weighted by atomic mass is 16.2. The molecule has 5 nitrogen and oxygen atoms in total. The van der Waals surface area contributed by atoms with Crippen molar-refractivity contribution in [2.45, 2.75) is 79.6 Å². The summed E-state index contributed by atoms with van der Waals surface area (Å²) in [5, 5.41) is 12.7. The monoisotopic (exact) mass is 476 g/mol. The van der Waals surface area contributed by atoms with Crippen molar-refractivity contribution < 1.29 is 14.4 Å². The van der Waals surface area contributed by atoms with Gasteiger partial charge in [0.15, 0.2) is 11.6 Å². The molecule has 5 aliphatic carbocycles. The minimum absolute atomic E-state index is 0.0506. The average molecular weight is 477 g/mol. The van der Waals surface area contributed by atoms with Gasteiger partial charge in [-0.05, 0) is 79.6 Å². The summed E-state index contributed by atoms with van der Waals surface area (Å²) in [6, 6.07) is 2.14. The second-order valence-electron chi connectivity index (χ2n) is 13.5. The molecule has 188 valence electrons. The number of Topliss-reactive ketones (excluding diaryl/α,β-unsaturated/α-hetero) is 1. The summed E-state index contributed by atoms with van der Waals surface area (Å²) in [5.41, 5.74) is 0.394. The Balaban J connectivity index is 1.64. The normalized spacial score (nSPS) is 46.0. The Morgan fingerprint density at radius 3 is 2.37 bits per heavy atom. The third kappa shape index (κ3) is 3.14. The van der Waals surface area contributed by atoms with Crippen molar-refractivity contribution in [1.82, 2.24) is 5.32 Å². The van der Waals surface area contributed by atoms with E-state index in [0.29, 0.717) is 0 Å². The number of nitrogens with one attached hydrogen (secondary N) is 1. The molecule has 0 aliphatic heterocycles. The van der Waals surface area contributed by atoms with Crippen LogP contribution in [0.15, 0.2) is 23.3 Å². The molecule has 5 heteroatoms. The number of fused-ring (bicyclic) bond motifs is 7. The van der Waals surface area contributed by atoms with Crippen LogP contribution in [0.1, 0.15) is 79.6 Å². The van der Waals surface area contributed by atoms with E-state index in [-0.39, 0.29) is 63.5 Å². The number of hydrogen-bond acceptors (Lipinski definition) is 4. The van der Waals surface area contributed by atoms with Gasteiger partial charge in [0.1, 0.15) is 6.07 Å². The van der Waals surface area contributed by atoms with Gasteiger partial charge in [0, 0.05) is 24.3 Å². The molecular formula is C30H40N2O3. The minimum atomic E-state index is -0.465. The van der Waals surface area contributed by atoms with E-state index in [9.17, 15) is 19.6 Å². The first-order valence-corrected chi connectivity index (χ1v) is 13.5. The van der Waals surface area contributed by atoms with Crippen molar-refractivity contribution in [2.75, 3.05) is 7.05 Å². The first-order valence-electron chi connectivity index (χ1n) is 13.5. The fourth-order valence-electron chi connectivity index (χ4n) is 9.54. The Hall–Kier alpha value is -2.22. The van der Waals surface area contributed by atoms with E-state index in [0.717, 1.165) is 50.5 Å². The SMILES string of the molecule is CNC(=O)C12CCC3C(C(=O)C=C4C5(C)C=C(C#N)C(=O)C(C)C5CCC43C)C1CC(C)(C)CC2. The molecule has 0 spiro atoms. The predicted octanol–water partition coefficient (Wildman–Crippen LogP) is 5.17. The van der Waals surface area contributed by atoms with E-state index >= 15 is 0 Å². The molecule has 3 saturated carbocycles. The molecule has 8 atom stereocenters. The second kappa shape index (κ2) is 7.64. The molecule has 3 fully saturated rings. The van der Waals surface area contributed by atoms with Gasteiger partial charge in [0.05, 0.1) is 11.0 Å². The Labute approximate surface area is 209 Å². The number of nitriles is 1. The van der Waals surface area contributed by atoms with Crippen LogP contribution >= 0.6 is 0 Å². The average Bonchev–Trinajstić information content (AvgIpc) is 2.81. The van der Waals surface area contributed by atoms with E-state index in [1.54, 1.807) is 7.05 Å². The first kappa shape index (κ1) is 24.5. The van der Waals surface area contributed by atoms with Gasteiger partial charge < -0.3 is 5.32 Å². The van der Waals surface area contributed by atoms with Gasteiger partial charge in [0.25, 0.3) is 0 Å². The highest BCUT2D eigenvalue weighted by Crippen LogP contribution is 2.69. The molecule has 0 aromatic heterocycles. The lowest BCUT2D eigenvalue weighted by Gasteiger charge is -2.64. The van der Waals surface area contributed by atoms with Gasteiger partial charge in [-0.1, -0.05) is 46.3 Å². The molecule has 0 aromatic rings. The Morgan fingerprint density at radius 2 is 1.71 bits per heavy atom. The maximum absolute atomic E-state index is 14.1. The minimum Gasteiger partial charge on any atom is -0.359 e. The van der Waals surface area contributed by atoms with Crippen LogP contribution in [0, 0.1) is 62.6 Å².